The topological polar surface area (TPSA) is 25.2 Å². The first-order valence-electron chi connectivity index (χ1n) is 7.74. The minimum Gasteiger partial charge on any atom is -0.294 e. The number of hydrogen-bond acceptors (Lipinski definition) is 2. The molecule has 0 amide bonds. The van der Waals surface area contributed by atoms with Gasteiger partial charge in [0.05, 0.1) is 11.6 Å². The second-order valence-corrected chi connectivity index (χ2v) is 6.45. The molecule has 1 aromatic heterocycles. The zero-order valence-electron chi connectivity index (χ0n) is 11.5. The van der Waals surface area contributed by atoms with Crippen LogP contribution in [0.1, 0.15) is 41.4 Å². The molecule has 0 unspecified atom stereocenters. The van der Waals surface area contributed by atoms with Crippen molar-refractivity contribution in [3.8, 4) is 0 Å². The molecule has 5 rings (SSSR count). The van der Waals surface area contributed by atoms with Crippen LogP contribution in [0.5, 0.6) is 0 Å². The van der Waals surface area contributed by atoms with Crippen LogP contribution in [0.25, 0.3) is 10.9 Å². The largest absolute Gasteiger partial charge is 0.294 e. The number of carbonyl (C=O) groups is 1. The normalized spacial score (nSPS) is 28.7. The van der Waals surface area contributed by atoms with Crippen LogP contribution in [0.4, 0.5) is 0 Å². The average molecular weight is 266 g/mol. The fourth-order valence-corrected chi connectivity index (χ4v) is 4.75. The molecule has 0 bridgehead atoms. The van der Waals surface area contributed by atoms with Crippen LogP contribution in [0, 0.1) is 5.92 Å². The predicted octanol–water partition coefficient (Wildman–Crippen LogP) is 2.99. The Balaban J connectivity index is 1.88. The van der Waals surface area contributed by atoms with Crippen LogP contribution < -0.4 is 0 Å². The lowest BCUT2D eigenvalue weighted by Crippen LogP contribution is -2.47. The van der Waals surface area contributed by atoms with Crippen molar-refractivity contribution in [1.29, 1.82) is 0 Å². The molecule has 3 heteroatoms. The molecule has 0 spiro atoms. The number of fused-ring (bicyclic) bond motifs is 3. The van der Waals surface area contributed by atoms with Crippen molar-refractivity contribution in [2.45, 2.75) is 31.7 Å². The van der Waals surface area contributed by atoms with Crippen molar-refractivity contribution in [3.63, 3.8) is 0 Å². The summed E-state index contributed by atoms with van der Waals surface area (Å²) in [6, 6.07) is 8.95. The number of nitrogens with zero attached hydrogens (tertiary/aromatic N) is 2. The summed E-state index contributed by atoms with van der Waals surface area (Å²) in [4.78, 5) is 15.3. The molecule has 20 heavy (non-hydrogen) atoms. The Morgan fingerprint density at radius 2 is 2.05 bits per heavy atom. The summed E-state index contributed by atoms with van der Waals surface area (Å²) >= 11 is 0. The Labute approximate surface area is 118 Å². The highest BCUT2D eigenvalue weighted by Crippen LogP contribution is 2.48. The van der Waals surface area contributed by atoms with Crippen LogP contribution in [-0.4, -0.2) is 28.5 Å². The van der Waals surface area contributed by atoms with Crippen molar-refractivity contribution in [1.82, 2.24) is 9.47 Å². The molecule has 3 aliphatic heterocycles. The molecule has 3 nitrogen and oxygen atoms in total. The van der Waals surface area contributed by atoms with Crippen molar-refractivity contribution >= 4 is 16.8 Å². The van der Waals surface area contributed by atoms with Gasteiger partial charge < -0.3 is 0 Å². The Morgan fingerprint density at radius 3 is 3.00 bits per heavy atom. The summed E-state index contributed by atoms with van der Waals surface area (Å²) in [5.41, 5.74) is 3.91. The number of rotatable bonds is 0. The van der Waals surface area contributed by atoms with Crippen LogP contribution in [-0.2, 0) is 6.42 Å². The summed E-state index contributed by atoms with van der Waals surface area (Å²) in [7, 11) is 0. The average Bonchev–Trinajstić information content (AvgIpc) is 2.82. The van der Waals surface area contributed by atoms with E-state index in [0.717, 1.165) is 24.9 Å². The van der Waals surface area contributed by atoms with Gasteiger partial charge in [-0.15, -0.1) is 0 Å². The van der Waals surface area contributed by atoms with E-state index in [9.17, 15) is 4.79 Å². The maximum absolute atomic E-state index is 12.6. The standard InChI is InChI=1S/C17H18N2O/c20-15-10-11-4-3-8-18-9-7-13-12-5-1-2-6-14(12)19(15)17(13)16(11)18/h1-2,5-6,11,16H,3-4,7-10H2/t11-,16-/m1/s1. The number of piperidine rings is 1. The van der Waals surface area contributed by atoms with E-state index in [1.54, 1.807) is 0 Å². The third kappa shape index (κ3) is 1.22. The van der Waals surface area contributed by atoms with E-state index in [0.29, 0.717) is 17.9 Å². The minimum atomic E-state index is 0.312. The summed E-state index contributed by atoms with van der Waals surface area (Å²) in [5.74, 6) is 0.861. The highest BCUT2D eigenvalue weighted by Gasteiger charge is 2.44. The predicted molar refractivity (Wildman–Crippen MR) is 77.9 cm³/mol. The van der Waals surface area contributed by atoms with Gasteiger partial charge in [0.25, 0.3) is 0 Å². The number of benzene rings is 1. The second kappa shape index (κ2) is 3.73. The Hall–Kier alpha value is -1.61. The SMILES string of the molecule is O=C1C[C@H]2CCCN3CCc4c(n1c1ccccc41)[C@@H]23. The fourth-order valence-electron chi connectivity index (χ4n) is 4.75. The summed E-state index contributed by atoms with van der Waals surface area (Å²) < 4.78 is 2.04. The van der Waals surface area contributed by atoms with Gasteiger partial charge in [0, 0.05) is 24.0 Å². The molecule has 3 aliphatic rings. The monoisotopic (exact) mass is 266 g/mol. The lowest BCUT2D eigenvalue weighted by molar-refractivity contribution is 0.0478. The van der Waals surface area contributed by atoms with Gasteiger partial charge in [-0.05, 0) is 43.4 Å². The van der Waals surface area contributed by atoms with E-state index in [-0.39, 0.29) is 0 Å². The zero-order valence-corrected chi connectivity index (χ0v) is 11.5. The molecule has 0 radical (unpaired) electrons. The molecule has 2 atom stereocenters. The van der Waals surface area contributed by atoms with Crippen LogP contribution >= 0.6 is 0 Å². The lowest BCUT2D eigenvalue weighted by atomic mass is 9.79. The molecule has 1 saturated heterocycles. The summed E-state index contributed by atoms with van der Waals surface area (Å²) in [6.45, 7) is 2.37. The van der Waals surface area contributed by atoms with E-state index in [1.807, 2.05) is 4.57 Å². The van der Waals surface area contributed by atoms with Crippen molar-refractivity contribution in [2.75, 3.05) is 13.1 Å². The number of aromatic nitrogens is 1. The third-order valence-corrected chi connectivity index (χ3v) is 5.50. The lowest BCUT2D eigenvalue weighted by Gasteiger charge is -2.46. The van der Waals surface area contributed by atoms with Crippen molar-refractivity contribution in [2.24, 2.45) is 5.92 Å². The Bertz CT molecular complexity index is 730. The number of carbonyl (C=O) groups excluding carboxylic acids is 1. The Kier molecular flexibility index (Phi) is 2.07. The first kappa shape index (κ1) is 11.1. The maximum Gasteiger partial charge on any atom is 0.231 e. The van der Waals surface area contributed by atoms with Gasteiger partial charge in [-0.25, -0.2) is 0 Å². The molecule has 102 valence electrons. The van der Waals surface area contributed by atoms with Crippen molar-refractivity contribution < 1.29 is 4.79 Å². The summed E-state index contributed by atoms with van der Waals surface area (Å²) in [6.07, 6.45) is 4.30. The molecule has 0 aliphatic carbocycles. The molecular weight excluding hydrogens is 248 g/mol. The van der Waals surface area contributed by atoms with Gasteiger partial charge in [-0.2, -0.15) is 0 Å². The van der Waals surface area contributed by atoms with Crippen LogP contribution in [0.15, 0.2) is 24.3 Å². The first-order valence-corrected chi connectivity index (χ1v) is 7.74. The highest BCUT2D eigenvalue weighted by molar-refractivity contribution is 5.97. The Morgan fingerprint density at radius 1 is 1.15 bits per heavy atom. The molecule has 2 aromatic rings. The smallest absolute Gasteiger partial charge is 0.231 e. The molecule has 1 fully saturated rings. The van der Waals surface area contributed by atoms with Crippen molar-refractivity contribution in [3.05, 3.63) is 35.5 Å². The summed E-state index contributed by atoms with van der Waals surface area (Å²) in [5, 5.41) is 1.31. The van der Waals surface area contributed by atoms with Gasteiger partial charge in [0.2, 0.25) is 5.91 Å². The van der Waals surface area contributed by atoms with Crippen LogP contribution in [0.2, 0.25) is 0 Å². The van der Waals surface area contributed by atoms with Gasteiger partial charge in [-0.1, -0.05) is 18.2 Å². The molecule has 4 heterocycles. The first-order chi connectivity index (χ1) is 9.84. The quantitative estimate of drug-likeness (QED) is 0.732. The van der Waals surface area contributed by atoms with E-state index < -0.39 is 0 Å². The van der Waals surface area contributed by atoms with E-state index in [2.05, 4.69) is 29.2 Å². The highest BCUT2D eigenvalue weighted by atomic mass is 16.2. The minimum absolute atomic E-state index is 0.312. The second-order valence-electron chi connectivity index (χ2n) is 6.45. The number of hydrogen-bond donors (Lipinski definition) is 0. The van der Waals surface area contributed by atoms with Gasteiger partial charge in [0.15, 0.2) is 0 Å². The molecule has 1 aromatic carbocycles. The molecule has 0 saturated carbocycles. The third-order valence-electron chi connectivity index (χ3n) is 5.50. The van der Waals surface area contributed by atoms with E-state index in [1.165, 1.54) is 36.0 Å². The number of para-hydroxylation sites is 1. The molecular formula is C17H18N2O. The fraction of sp³-hybridized carbons (Fsp3) is 0.471. The zero-order chi connectivity index (χ0) is 13.3. The maximum atomic E-state index is 12.6. The van der Waals surface area contributed by atoms with Crippen LogP contribution in [0.3, 0.4) is 0 Å². The van der Waals surface area contributed by atoms with E-state index >= 15 is 0 Å². The van der Waals surface area contributed by atoms with E-state index in [4.69, 9.17) is 0 Å². The molecule has 0 N–H and O–H groups in total. The van der Waals surface area contributed by atoms with Gasteiger partial charge in [-0.3, -0.25) is 14.3 Å². The van der Waals surface area contributed by atoms with Gasteiger partial charge in [0.1, 0.15) is 0 Å². The van der Waals surface area contributed by atoms with Gasteiger partial charge >= 0.3 is 0 Å².